The normalized spacial score (nSPS) is 12.4. The first-order valence-corrected chi connectivity index (χ1v) is 5.22. The van der Waals surface area contributed by atoms with Crippen LogP contribution in [-0.4, -0.2) is 9.97 Å². The second-order valence-corrected chi connectivity index (χ2v) is 4.16. The SMILES string of the molecule is CC(C)c1ccc2nc(C(F)(F)F)ncc2c1. The average molecular weight is 240 g/mol. The fourth-order valence-electron chi connectivity index (χ4n) is 1.55. The maximum atomic E-state index is 12.4. The quantitative estimate of drug-likeness (QED) is 0.758. The van der Waals surface area contributed by atoms with Crippen LogP contribution in [0.2, 0.25) is 0 Å². The molecule has 1 aromatic heterocycles. The molecule has 0 radical (unpaired) electrons. The maximum absolute atomic E-state index is 12.4. The number of hydrogen-bond acceptors (Lipinski definition) is 2. The monoisotopic (exact) mass is 240 g/mol. The van der Waals surface area contributed by atoms with Crippen molar-refractivity contribution in [3.05, 3.63) is 35.8 Å². The van der Waals surface area contributed by atoms with Crippen LogP contribution in [0.5, 0.6) is 0 Å². The summed E-state index contributed by atoms with van der Waals surface area (Å²) in [5.41, 5.74) is 1.37. The number of alkyl halides is 3. The average Bonchev–Trinajstić information content (AvgIpc) is 2.26. The topological polar surface area (TPSA) is 25.8 Å². The molecule has 0 saturated carbocycles. The number of rotatable bonds is 1. The van der Waals surface area contributed by atoms with Crippen LogP contribution in [-0.2, 0) is 6.18 Å². The van der Waals surface area contributed by atoms with Gasteiger partial charge in [-0.25, -0.2) is 9.97 Å². The minimum Gasteiger partial charge on any atom is -0.232 e. The zero-order valence-electron chi connectivity index (χ0n) is 9.42. The molecule has 0 amide bonds. The minimum atomic E-state index is -4.50. The summed E-state index contributed by atoms with van der Waals surface area (Å²) in [6.07, 6.45) is -3.28. The molecule has 0 aliphatic carbocycles. The lowest BCUT2D eigenvalue weighted by Crippen LogP contribution is -2.10. The van der Waals surface area contributed by atoms with E-state index in [-0.39, 0.29) is 0 Å². The molecule has 17 heavy (non-hydrogen) atoms. The third-order valence-electron chi connectivity index (χ3n) is 2.52. The molecule has 90 valence electrons. The molecule has 0 aliphatic rings. The fourth-order valence-corrected chi connectivity index (χ4v) is 1.55. The molecule has 0 saturated heterocycles. The van der Waals surface area contributed by atoms with E-state index in [0.29, 0.717) is 16.8 Å². The van der Waals surface area contributed by atoms with Crippen molar-refractivity contribution in [1.29, 1.82) is 0 Å². The summed E-state index contributed by atoms with van der Waals surface area (Å²) in [5.74, 6) is -0.774. The van der Waals surface area contributed by atoms with Gasteiger partial charge in [0.1, 0.15) is 0 Å². The Morgan fingerprint density at radius 2 is 1.88 bits per heavy atom. The summed E-state index contributed by atoms with van der Waals surface area (Å²) in [7, 11) is 0. The van der Waals surface area contributed by atoms with E-state index in [1.807, 2.05) is 19.9 Å². The van der Waals surface area contributed by atoms with Gasteiger partial charge in [-0.15, -0.1) is 0 Å². The Bertz CT molecular complexity index is 547. The molecule has 0 bridgehead atoms. The van der Waals surface area contributed by atoms with E-state index >= 15 is 0 Å². The van der Waals surface area contributed by atoms with Gasteiger partial charge in [0.15, 0.2) is 0 Å². The van der Waals surface area contributed by atoms with E-state index in [4.69, 9.17) is 0 Å². The highest BCUT2D eigenvalue weighted by Crippen LogP contribution is 2.27. The zero-order chi connectivity index (χ0) is 12.6. The third-order valence-corrected chi connectivity index (χ3v) is 2.52. The van der Waals surface area contributed by atoms with E-state index in [9.17, 15) is 13.2 Å². The lowest BCUT2D eigenvalue weighted by molar-refractivity contribution is -0.144. The lowest BCUT2D eigenvalue weighted by Gasteiger charge is -2.08. The molecule has 5 heteroatoms. The van der Waals surface area contributed by atoms with Gasteiger partial charge in [-0.1, -0.05) is 19.9 Å². The highest BCUT2D eigenvalue weighted by atomic mass is 19.4. The Balaban J connectivity index is 2.54. The number of benzene rings is 1. The van der Waals surface area contributed by atoms with Crippen molar-refractivity contribution in [3.63, 3.8) is 0 Å². The molecule has 2 rings (SSSR count). The van der Waals surface area contributed by atoms with Crippen molar-refractivity contribution in [3.8, 4) is 0 Å². The third kappa shape index (κ3) is 2.38. The van der Waals surface area contributed by atoms with Crippen molar-refractivity contribution in [1.82, 2.24) is 9.97 Å². The van der Waals surface area contributed by atoms with E-state index in [1.54, 1.807) is 12.1 Å². The van der Waals surface area contributed by atoms with Gasteiger partial charge < -0.3 is 0 Å². The van der Waals surface area contributed by atoms with Crippen LogP contribution in [0, 0.1) is 0 Å². The van der Waals surface area contributed by atoms with Crippen LogP contribution in [0.4, 0.5) is 13.2 Å². The van der Waals surface area contributed by atoms with Crippen molar-refractivity contribution in [2.24, 2.45) is 0 Å². The molecular weight excluding hydrogens is 229 g/mol. The molecule has 0 aliphatic heterocycles. The molecule has 0 spiro atoms. The van der Waals surface area contributed by atoms with Crippen molar-refractivity contribution in [2.45, 2.75) is 25.9 Å². The predicted molar refractivity (Wildman–Crippen MR) is 58.6 cm³/mol. The summed E-state index contributed by atoms with van der Waals surface area (Å²) < 4.78 is 37.2. The molecule has 0 N–H and O–H groups in total. The Morgan fingerprint density at radius 1 is 1.18 bits per heavy atom. The van der Waals surface area contributed by atoms with Crippen LogP contribution >= 0.6 is 0 Å². The van der Waals surface area contributed by atoms with Crippen LogP contribution in [0.1, 0.15) is 31.2 Å². The van der Waals surface area contributed by atoms with Gasteiger partial charge >= 0.3 is 6.18 Å². The number of fused-ring (bicyclic) bond motifs is 1. The molecular formula is C12H11F3N2. The smallest absolute Gasteiger partial charge is 0.232 e. The number of nitrogens with zero attached hydrogens (tertiary/aromatic N) is 2. The van der Waals surface area contributed by atoms with Gasteiger partial charge in [-0.05, 0) is 23.6 Å². The molecule has 0 atom stereocenters. The Labute approximate surface area is 96.5 Å². The zero-order valence-corrected chi connectivity index (χ0v) is 9.42. The fraction of sp³-hybridized carbons (Fsp3) is 0.333. The second-order valence-electron chi connectivity index (χ2n) is 4.16. The molecule has 0 fully saturated rings. The van der Waals surface area contributed by atoms with Gasteiger partial charge in [-0.3, -0.25) is 0 Å². The van der Waals surface area contributed by atoms with E-state index in [1.165, 1.54) is 6.20 Å². The lowest BCUT2D eigenvalue weighted by atomic mass is 10.0. The Morgan fingerprint density at radius 3 is 2.47 bits per heavy atom. The molecule has 2 aromatic rings. The Kier molecular flexibility index (Phi) is 2.77. The van der Waals surface area contributed by atoms with Gasteiger partial charge in [0.2, 0.25) is 5.82 Å². The van der Waals surface area contributed by atoms with Gasteiger partial charge in [0, 0.05) is 11.6 Å². The minimum absolute atomic E-state index is 0.316. The Hall–Kier alpha value is -1.65. The highest BCUT2D eigenvalue weighted by Gasteiger charge is 2.34. The first-order valence-electron chi connectivity index (χ1n) is 5.22. The van der Waals surface area contributed by atoms with Gasteiger partial charge in [-0.2, -0.15) is 13.2 Å². The van der Waals surface area contributed by atoms with Gasteiger partial charge in [0.25, 0.3) is 0 Å². The summed E-state index contributed by atoms with van der Waals surface area (Å²) in [6, 6.07) is 5.21. The first kappa shape index (κ1) is 11.8. The number of aromatic nitrogens is 2. The van der Waals surface area contributed by atoms with Crippen molar-refractivity contribution >= 4 is 10.9 Å². The van der Waals surface area contributed by atoms with Crippen LogP contribution in [0.3, 0.4) is 0 Å². The van der Waals surface area contributed by atoms with Crippen LogP contribution in [0.25, 0.3) is 10.9 Å². The molecule has 1 aromatic carbocycles. The predicted octanol–water partition coefficient (Wildman–Crippen LogP) is 3.77. The maximum Gasteiger partial charge on any atom is 0.451 e. The van der Waals surface area contributed by atoms with E-state index < -0.39 is 12.0 Å². The largest absolute Gasteiger partial charge is 0.451 e. The summed E-state index contributed by atoms with van der Waals surface area (Å²) >= 11 is 0. The molecule has 2 nitrogen and oxygen atoms in total. The molecule has 0 unspecified atom stereocenters. The summed E-state index contributed by atoms with van der Waals surface area (Å²) in [6.45, 7) is 4.04. The summed E-state index contributed by atoms with van der Waals surface area (Å²) in [5, 5.41) is 0.629. The first-order chi connectivity index (χ1) is 7.88. The second kappa shape index (κ2) is 3.98. The van der Waals surface area contributed by atoms with Crippen molar-refractivity contribution in [2.75, 3.05) is 0 Å². The van der Waals surface area contributed by atoms with Crippen molar-refractivity contribution < 1.29 is 13.2 Å². The van der Waals surface area contributed by atoms with Gasteiger partial charge in [0.05, 0.1) is 5.52 Å². The van der Waals surface area contributed by atoms with Crippen LogP contribution < -0.4 is 0 Å². The van der Waals surface area contributed by atoms with E-state index in [2.05, 4.69) is 9.97 Å². The van der Waals surface area contributed by atoms with Crippen LogP contribution in [0.15, 0.2) is 24.4 Å². The standard InChI is InChI=1S/C12H11F3N2/c1-7(2)8-3-4-10-9(5-8)6-16-11(17-10)12(13,14)15/h3-7H,1-2H3. The highest BCUT2D eigenvalue weighted by molar-refractivity contribution is 5.78. The number of hydrogen-bond donors (Lipinski definition) is 0. The molecule has 1 heterocycles. The number of halogens is 3. The van der Waals surface area contributed by atoms with E-state index in [0.717, 1.165) is 5.56 Å². The summed E-state index contributed by atoms with van der Waals surface area (Å²) in [4.78, 5) is 6.85.